The van der Waals surface area contributed by atoms with Gasteiger partial charge in [0.25, 0.3) is 0 Å². The van der Waals surface area contributed by atoms with E-state index in [-0.39, 0.29) is 5.92 Å². The Morgan fingerprint density at radius 2 is 2.36 bits per heavy atom. The first-order valence-electron chi connectivity index (χ1n) is 4.01. The second kappa shape index (κ2) is 2.95. The molecule has 1 fully saturated rings. The Balaban J connectivity index is 2.62. The Kier molecular flexibility index (Phi) is 2.35. The average molecular weight is 156 g/mol. The minimum absolute atomic E-state index is 0.236. The first-order chi connectivity index (χ1) is 5.05. The van der Waals surface area contributed by atoms with Gasteiger partial charge in [-0.2, -0.15) is 0 Å². The molecular formula is C9H16O2. The highest BCUT2D eigenvalue weighted by molar-refractivity contribution is 5.10. The van der Waals surface area contributed by atoms with E-state index < -0.39 is 5.60 Å². The molecule has 0 spiro atoms. The lowest BCUT2D eigenvalue weighted by Gasteiger charge is -2.29. The zero-order valence-corrected chi connectivity index (χ0v) is 7.26. The van der Waals surface area contributed by atoms with Crippen molar-refractivity contribution in [2.75, 3.05) is 13.2 Å². The quantitative estimate of drug-likeness (QED) is 0.611. The Bertz CT molecular complexity index is 155. The van der Waals surface area contributed by atoms with Crippen LogP contribution in [0.3, 0.4) is 0 Å². The third-order valence-electron chi connectivity index (χ3n) is 2.59. The van der Waals surface area contributed by atoms with Crippen molar-refractivity contribution in [3.63, 3.8) is 0 Å². The predicted molar refractivity (Wildman–Crippen MR) is 44.4 cm³/mol. The van der Waals surface area contributed by atoms with E-state index in [4.69, 9.17) is 4.74 Å². The average Bonchev–Trinajstić information content (AvgIpc) is 2.37. The zero-order valence-electron chi connectivity index (χ0n) is 7.26. The number of rotatable bonds is 2. The van der Waals surface area contributed by atoms with Crippen molar-refractivity contribution in [3.05, 3.63) is 12.2 Å². The summed E-state index contributed by atoms with van der Waals surface area (Å²) in [6, 6.07) is 0. The molecule has 0 radical (unpaired) electrons. The summed E-state index contributed by atoms with van der Waals surface area (Å²) in [4.78, 5) is 0. The number of ether oxygens (including phenoxy) is 1. The van der Waals surface area contributed by atoms with Gasteiger partial charge in [-0.15, -0.1) is 0 Å². The van der Waals surface area contributed by atoms with E-state index in [0.29, 0.717) is 6.61 Å². The predicted octanol–water partition coefficient (Wildman–Crippen LogP) is 1.35. The molecule has 64 valence electrons. The summed E-state index contributed by atoms with van der Waals surface area (Å²) in [7, 11) is 0. The van der Waals surface area contributed by atoms with Crippen molar-refractivity contribution in [3.8, 4) is 0 Å². The lowest BCUT2D eigenvalue weighted by atomic mass is 9.83. The van der Waals surface area contributed by atoms with Gasteiger partial charge in [-0.3, -0.25) is 0 Å². The summed E-state index contributed by atoms with van der Waals surface area (Å²) in [5.41, 5.74) is 0.0873. The molecule has 2 heteroatoms. The van der Waals surface area contributed by atoms with Crippen LogP contribution in [0.4, 0.5) is 0 Å². The van der Waals surface area contributed by atoms with Crippen LogP contribution in [0, 0.1) is 5.92 Å². The van der Waals surface area contributed by atoms with Crippen molar-refractivity contribution >= 4 is 0 Å². The zero-order chi connectivity index (χ0) is 8.48. The van der Waals surface area contributed by atoms with Crippen LogP contribution in [0.25, 0.3) is 0 Å². The maximum absolute atomic E-state index is 9.91. The number of aliphatic hydroxyl groups is 1. The summed E-state index contributed by atoms with van der Waals surface area (Å²) in [5.74, 6) is 0.236. The summed E-state index contributed by atoms with van der Waals surface area (Å²) in [6.07, 6.45) is 0.944. The molecule has 2 unspecified atom stereocenters. The van der Waals surface area contributed by atoms with Crippen LogP contribution in [0.1, 0.15) is 20.3 Å². The second-order valence-electron chi connectivity index (χ2n) is 3.49. The highest BCUT2D eigenvalue weighted by Gasteiger charge is 2.35. The Morgan fingerprint density at radius 3 is 2.73 bits per heavy atom. The second-order valence-corrected chi connectivity index (χ2v) is 3.49. The fraction of sp³-hybridized carbons (Fsp3) is 0.778. The lowest BCUT2D eigenvalue weighted by Crippen LogP contribution is -2.35. The summed E-state index contributed by atoms with van der Waals surface area (Å²) in [5, 5.41) is 9.91. The highest BCUT2D eigenvalue weighted by Crippen LogP contribution is 2.30. The van der Waals surface area contributed by atoms with Crippen LogP contribution in [0.5, 0.6) is 0 Å². The van der Waals surface area contributed by atoms with Gasteiger partial charge in [-0.25, -0.2) is 0 Å². The summed E-state index contributed by atoms with van der Waals surface area (Å²) in [6.45, 7) is 8.88. The van der Waals surface area contributed by atoms with E-state index in [9.17, 15) is 5.11 Å². The van der Waals surface area contributed by atoms with Crippen LogP contribution in [0.2, 0.25) is 0 Å². The molecule has 1 rings (SSSR count). The third kappa shape index (κ3) is 1.63. The van der Waals surface area contributed by atoms with Crippen molar-refractivity contribution in [1.82, 2.24) is 0 Å². The van der Waals surface area contributed by atoms with E-state index in [1.165, 1.54) is 0 Å². The van der Waals surface area contributed by atoms with E-state index in [1.54, 1.807) is 0 Å². The van der Waals surface area contributed by atoms with Crippen molar-refractivity contribution in [2.24, 2.45) is 5.92 Å². The standard InChI is InChI=1S/C9H16O2/c1-7(2)9(3,10)8-4-5-11-6-8/h8,10H,1,4-6H2,2-3H3. The fourth-order valence-corrected chi connectivity index (χ4v) is 1.33. The van der Waals surface area contributed by atoms with Crippen LogP contribution in [-0.2, 0) is 4.74 Å². The Hall–Kier alpha value is -0.340. The topological polar surface area (TPSA) is 29.5 Å². The van der Waals surface area contributed by atoms with Gasteiger partial charge in [0, 0.05) is 12.5 Å². The molecule has 2 nitrogen and oxygen atoms in total. The van der Waals surface area contributed by atoms with Gasteiger partial charge in [0.2, 0.25) is 0 Å². The number of hydrogen-bond acceptors (Lipinski definition) is 2. The van der Waals surface area contributed by atoms with Crippen LogP contribution >= 0.6 is 0 Å². The molecule has 1 aliphatic heterocycles. The SMILES string of the molecule is C=C(C)C(C)(O)C1CCOC1. The van der Waals surface area contributed by atoms with Gasteiger partial charge in [0.1, 0.15) is 0 Å². The molecule has 11 heavy (non-hydrogen) atoms. The maximum atomic E-state index is 9.91. The largest absolute Gasteiger partial charge is 0.385 e. The van der Waals surface area contributed by atoms with Gasteiger partial charge < -0.3 is 9.84 Å². The number of hydrogen-bond donors (Lipinski definition) is 1. The molecule has 0 aromatic heterocycles. The smallest absolute Gasteiger partial charge is 0.0874 e. The molecule has 0 aliphatic carbocycles. The third-order valence-corrected chi connectivity index (χ3v) is 2.59. The Labute approximate surface area is 67.9 Å². The van der Waals surface area contributed by atoms with Gasteiger partial charge in [0.05, 0.1) is 12.2 Å². The molecule has 1 aliphatic rings. The van der Waals surface area contributed by atoms with Crippen LogP contribution < -0.4 is 0 Å². The van der Waals surface area contributed by atoms with Gasteiger partial charge in [0.15, 0.2) is 0 Å². The fourth-order valence-electron chi connectivity index (χ4n) is 1.33. The summed E-state index contributed by atoms with van der Waals surface area (Å²) < 4.78 is 5.19. The van der Waals surface area contributed by atoms with Crippen LogP contribution in [0.15, 0.2) is 12.2 Å². The van der Waals surface area contributed by atoms with Crippen molar-refractivity contribution < 1.29 is 9.84 Å². The molecule has 1 N–H and O–H groups in total. The normalized spacial score (nSPS) is 29.9. The van der Waals surface area contributed by atoms with Crippen LogP contribution in [-0.4, -0.2) is 23.9 Å². The van der Waals surface area contributed by atoms with Crippen molar-refractivity contribution in [1.29, 1.82) is 0 Å². The van der Waals surface area contributed by atoms with E-state index >= 15 is 0 Å². The van der Waals surface area contributed by atoms with E-state index in [0.717, 1.165) is 18.6 Å². The minimum Gasteiger partial charge on any atom is -0.385 e. The first-order valence-corrected chi connectivity index (χ1v) is 4.01. The molecule has 2 atom stereocenters. The van der Waals surface area contributed by atoms with E-state index in [2.05, 4.69) is 6.58 Å². The van der Waals surface area contributed by atoms with Gasteiger partial charge >= 0.3 is 0 Å². The maximum Gasteiger partial charge on any atom is 0.0874 e. The lowest BCUT2D eigenvalue weighted by molar-refractivity contribution is 0.0286. The van der Waals surface area contributed by atoms with Gasteiger partial charge in [-0.05, 0) is 25.8 Å². The molecule has 1 heterocycles. The Morgan fingerprint density at radius 1 is 1.73 bits per heavy atom. The molecule has 0 aromatic carbocycles. The molecule has 1 saturated heterocycles. The minimum atomic E-state index is -0.740. The molecule has 0 saturated carbocycles. The highest BCUT2D eigenvalue weighted by atomic mass is 16.5. The summed E-state index contributed by atoms with van der Waals surface area (Å²) >= 11 is 0. The van der Waals surface area contributed by atoms with Crippen molar-refractivity contribution in [2.45, 2.75) is 25.9 Å². The molecule has 0 aromatic rings. The molecule has 0 bridgehead atoms. The molecule has 0 amide bonds. The van der Waals surface area contributed by atoms with Gasteiger partial charge in [-0.1, -0.05) is 6.58 Å². The first kappa shape index (κ1) is 8.75. The monoisotopic (exact) mass is 156 g/mol. The van der Waals surface area contributed by atoms with E-state index in [1.807, 2.05) is 13.8 Å². The molecular weight excluding hydrogens is 140 g/mol.